The largest absolute Gasteiger partial charge is 0.487 e. The van der Waals surface area contributed by atoms with Gasteiger partial charge in [0.25, 0.3) is 5.56 Å². The van der Waals surface area contributed by atoms with Crippen LogP contribution in [0.15, 0.2) is 114 Å². The Morgan fingerprint density at radius 3 is 2.44 bits per heavy atom. The van der Waals surface area contributed by atoms with Gasteiger partial charge in [-0.25, -0.2) is 9.37 Å². The molecule has 0 amide bonds. The van der Waals surface area contributed by atoms with E-state index in [2.05, 4.69) is 37.0 Å². The summed E-state index contributed by atoms with van der Waals surface area (Å²) >= 11 is 7.11. The summed E-state index contributed by atoms with van der Waals surface area (Å²) in [4.78, 5) is 18.2. The number of rotatable bonds is 6. The topological polar surface area (TPSA) is 69.6 Å². The van der Waals surface area contributed by atoms with Crippen LogP contribution >= 0.6 is 31.9 Å². The van der Waals surface area contributed by atoms with Crippen molar-refractivity contribution in [1.29, 1.82) is 0 Å². The van der Waals surface area contributed by atoms with E-state index in [1.54, 1.807) is 36.5 Å². The summed E-state index contributed by atoms with van der Waals surface area (Å²) in [5, 5.41) is 5.87. The molecule has 0 radical (unpaired) electrons. The van der Waals surface area contributed by atoms with Crippen LogP contribution in [0.5, 0.6) is 5.75 Å². The van der Waals surface area contributed by atoms with Crippen LogP contribution in [-0.2, 0) is 6.61 Å². The molecule has 0 N–H and O–H groups in total. The van der Waals surface area contributed by atoms with Crippen LogP contribution in [0.4, 0.5) is 4.39 Å². The van der Waals surface area contributed by atoms with E-state index in [0.29, 0.717) is 48.3 Å². The first-order valence-corrected chi connectivity index (χ1v) is 13.5. The molecule has 0 saturated carbocycles. The minimum absolute atomic E-state index is 0.268. The zero-order chi connectivity index (χ0) is 26.9. The fourth-order valence-electron chi connectivity index (χ4n) is 4.13. The predicted molar refractivity (Wildman–Crippen MR) is 157 cm³/mol. The molecular weight excluding hydrogens is 629 g/mol. The van der Waals surface area contributed by atoms with Crippen molar-refractivity contribution in [2.24, 2.45) is 5.10 Å². The summed E-state index contributed by atoms with van der Waals surface area (Å²) < 4.78 is 27.8. The first-order valence-electron chi connectivity index (χ1n) is 11.9. The Morgan fingerprint density at radius 1 is 0.949 bits per heavy atom. The Kier molecular flexibility index (Phi) is 6.85. The number of hydrogen-bond donors (Lipinski definition) is 0. The summed E-state index contributed by atoms with van der Waals surface area (Å²) in [5.74, 6) is 1.02. The minimum atomic E-state index is -0.315. The molecule has 6 rings (SSSR count). The summed E-state index contributed by atoms with van der Waals surface area (Å²) in [6.07, 6.45) is 1.57. The molecule has 192 valence electrons. The lowest BCUT2D eigenvalue weighted by Gasteiger charge is -2.11. The van der Waals surface area contributed by atoms with Crippen molar-refractivity contribution in [3.05, 3.63) is 127 Å². The lowest BCUT2D eigenvalue weighted by molar-refractivity contribution is 0.302. The molecule has 2 aromatic heterocycles. The SMILES string of the molecule is O=c1c2ccccc2nc(-c2cc3ccccc3o2)n1N=Cc1cc(Br)c(OCc2ccc(F)cc2)c(Br)c1. The smallest absolute Gasteiger partial charge is 0.282 e. The Balaban J connectivity index is 1.37. The molecule has 0 aliphatic carbocycles. The number of ether oxygens (including phenoxy) is 1. The van der Waals surface area contributed by atoms with E-state index in [0.717, 1.165) is 10.9 Å². The van der Waals surface area contributed by atoms with Gasteiger partial charge in [0, 0.05) is 5.39 Å². The molecular formula is C30H18Br2FN3O3. The lowest BCUT2D eigenvalue weighted by Crippen LogP contribution is -2.20. The quantitative estimate of drug-likeness (QED) is 0.172. The van der Waals surface area contributed by atoms with Crippen LogP contribution in [0.25, 0.3) is 33.5 Å². The highest BCUT2D eigenvalue weighted by molar-refractivity contribution is 9.11. The maximum Gasteiger partial charge on any atom is 0.282 e. The van der Waals surface area contributed by atoms with Gasteiger partial charge < -0.3 is 9.15 Å². The minimum Gasteiger partial charge on any atom is -0.487 e. The fourth-order valence-corrected chi connectivity index (χ4v) is 5.59. The van der Waals surface area contributed by atoms with E-state index in [9.17, 15) is 9.18 Å². The van der Waals surface area contributed by atoms with Gasteiger partial charge in [-0.15, -0.1) is 0 Å². The lowest BCUT2D eigenvalue weighted by atomic mass is 10.2. The van der Waals surface area contributed by atoms with Crippen LogP contribution in [-0.4, -0.2) is 15.9 Å². The van der Waals surface area contributed by atoms with Crippen LogP contribution < -0.4 is 10.3 Å². The molecule has 0 atom stereocenters. The summed E-state index contributed by atoms with van der Waals surface area (Å²) in [5.41, 5.74) is 2.47. The maximum atomic E-state index is 13.5. The van der Waals surface area contributed by atoms with Crippen molar-refractivity contribution >= 4 is 59.9 Å². The molecule has 0 unspecified atom stereocenters. The molecule has 0 fully saturated rings. The molecule has 6 aromatic rings. The van der Waals surface area contributed by atoms with Gasteiger partial charge in [0.15, 0.2) is 5.76 Å². The number of fused-ring (bicyclic) bond motifs is 2. The molecule has 39 heavy (non-hydrogen) atoms. The fraction of sp³-hybridized carbons (Fsp3) is 0.0333. The Morgan fingerprint density at radius 2 is 1.67 bits per heavy atom. The molecule has 6 nitrogen and oxygen atoms in total. The monoisotopic (exact) mass is 645 g/mol. The summed E-state index contributed by atoms with van der Waals surface area (Å²) in [6, 6.07) is 26.4. The maximum absolute atomic E-state index is 13.5. The first kappa shape index (κ1) is 25.2. The van der Waals surface area contributed by atoms with E-state index in [1.165, 1.54) is 16.8 Å². The summed E-state index contributed by atoms with van der Waals surface area (Å²) in [7, 11) is 0. The molecule has 0 aliphatic heterocycles. The highest BCUT2D eigenvalue weighted by Gasteiger charge is 2.16. The van der Waals surface area contributed by atoms with Crippen molar-refractivity contribution in [2.45, 2.75) is 6.61 Å². The van der Waals surface area contributed by atoms with Crippen molar-refractivity contribution in [3.8, 4) is 17.3 Å². The third-order valence-electron chi connectivity index (χ3n) is 6.04. The molecule has 2 heterocycles. The Labute approximate surface area is 238 Å². The second-order valence-corrected chi connectivity index (χ2v) is 10.4. The van der Waals surface area contributed by atoms with Crippen molar-refractivity contribution in [1.82, 2.24) is 9.66 Å². The van der Waals surface area contributed by atoms with Gasteiger partial charge >= 0.3 is 0 Å². The normalized spacial score (nSPS) is 11.6. The summed E-state index contributed by atoms with van der Waals surface area (Å²) in [6.45, 7) is 0.268. The highest BCUT2D eigenvalue weighted by atomic mass is 79.9. The van der Waals surface area contributed by atoms with Gasteiger partial charge in [-0.05, 0) is 91.5 Å². The third kappa shape index (κ3) is 5.15. The van der Waals surface area contributed by atoms with E-state index in [1.807, 2.05) is 48.5 Å². The van der Waals surface area contributed by atoms with Crippen molar-refractivity contribution in [2.75, 3.05) is 0 Å². The second-order valence-electron chi connectivity index (χ2n) is 8.69. The first-order chi connectivity index (χ1) is 19.0. The number of nitrogens with zero attached hydrogens (tertiary/aromatic N) is 3. The standard InChI is InChI=1S/C30H18Br2FN3O3/c31-23-13-19(14-24(32)28(23)38-17-18-9-11-21(33)12-10-18)16-34-36-29(27-15-20-5-1-4-8-26(20)39-27)35-25-7-3-2-6-22(25)30(36)37/h1-16H,17H2. The number of hydrogen-bond acceptors (Lipinski definition) is 5. The molecule has 0 saturated heterocycles. The zero-order valence-corrected chi connectivity index (χ0v) is 23.3. The predicted octanol–water partition coefficient (Wildman–Crippen LogP) is 7.94. The molecule has 0 spiro atoms. The Hall–Kier alpha value is -4.08. The average Bonchev–Trinajstić information content (AvgIpc) is 3.37. The van der Waals surface area contributed by atoms with Gasteiger partial charge in [0.1, 0.15) is 23.8 Å². The molecule has 9 heteroatoms. The average molecular weight is 647 g/mol. The number of para-hydroxylation sites is 2. The van der Waals surface area contributed by atoms with Gasteiger partial charge in [0.2, 0.25) is 5.82 Å². The van der Waals surface area contributed by atoms with E-state index in [-0.39, 0.29) is 18.0 Å². The van der Waals surface area contributed by atoms with Crippen LogP contribution in [0.3, 0.4) is 0 Å². The number of furan rings is 1. The van der Waals surface area contributed by atoms with E-state index >= 15 is 0 Å². The van der Waals surface area contributed by atoms with Gasteiger partial charge in [-0.3, -0.25) is 4.79 Å². The zero-order valence-electron chi connectivity index (χ0n) is 20.1. The highest BCUT2D eigenvalue weighted by Crippen LogP contribution is 2.35. The van der Waals surface area contributed by atoms with Crippen LogP contribution in [0.2, 0.25) is 0 Å². The molecule has 0 bridgehead atoms. The second kappa shape index (κ2) is 10.6. The van der Waals surface area contributed by atoms with Gasteiger partial charge in [0.05, 0.1) is 26.1 Å². The van der Waals surface area contributed by atoms with E-state index in [4.69, 9.17) is 14.1 Å². The van der Waals surface area contributed by atoms with Crippen molar-refractivity contribution < 1.29 is 13.5 Å². The molecule has 0 aliphatic rings. The molecule has 4 aromatic carbocycles. The van der Waals surface area contributed by atoms with Crippen LogP contribution in [0.1, 0.15) is 11.1 Å². The van der Waals surface area contributed by atoms with Gasteiger partial charge in [-0.2, -0.15) is 9.78 Å². The Bertz CT molecular complexity index is 1870. The van der Waals surface area contributed by atoms with Gasteiger partial charge in [-0.1, -0.05) is 42.5 Å². The number of benzene rings is 4. The van der Waals surface area contributed by atoms with Crippen LogP contribution in [0, 0.1) is 5.82 Å². The number of aromatic nitrogens is 2. The van der Waals surface area contributed by atoms with Crippen molar-refractivity contribution in [3.63, 3.8) is 0 Å². The number of halogens is 3. The van der Waals surface area contributed by atoms with E-state index < -0.39 is 0 Å². The third-order valence-corrected chi connectivity index (χ3v) is 7.22.